The number of hydrogen-bond acceptors (Lipinski definition) is 3. The zero-order valence-electron chi connectivity index (χ0n) is 6.82. The van der Waals surface area contributed by atoms with Crippen molar-refractivity contribution < 1.29 is 30.8 Å². The van der Waals surface area contributed by atoms with E-state index in [9.17, 15) is 13.2 Å². The van der Waals surface area contributed by atoms with Crippen LogP contribution in [-0.4, -0.2) is 23.5 Å². The molecule has 80 valence electrons. The Hall–Kier alpha value is -1.21. The highest BCUT2D eigenvalue weighted by molar-refractivity contribution is 6.59. The van der Waals surface area contributed by atoms with Crippen molar-refractivity contribution in [3.05, 3.63) is 24.3 Å². The fraction of sp³-hybridized carbons (Fsp3) is 0.143. The molecule has 1 aromatic rings. The van der Waals surface area contributed by atoms with Crippen LogP contribution < -0.4 is 10.2 Å². The Labute approximate surface area is 80.9 Å². The molecule has 0 aliphatic heterocycles. The van der Waals surface area contributed by atoms with Crippen LogP contribution in [0.5, 0.6) is 5.75 Å². The second-order valence-electron chi connectivity index (χ2n) is 2.46. The van der Waals surface area contributed by atoms with Crippen LogP contribution in [0.4, 0.5) is 13.2 Å². The topological polar surface area (TPSA) is 49.7 Å². The van der Waals surface area contributed by atoms with Crippen LogP contribution in [0.3, 0.4) is 0 Å². The minimum Gasteiger partial charge on any atom is -0.423 e. The van der Waals surface area contributed by atoms with Gasteiger partial charge in [-0.05, 0) is 6.07 Å². The van der Waals surface area contributed by atoms with E-state index >= 15 is 0 Å². The maximum Gasteiger partial charge on any atom is 0.573 e. The first-order valence-electron chi connectivity index (χ1n) is 3.61. The quantitative estimate of drug-likeness (QED) is 0.708. The van der Waals surface area contributed by atoms with Crippen molar-refractivity contribution in [2.24, 2.45) is 0 Å². The molecular weight excluding hydrogens is 200 g/mol. The average molecular weight is 210 g/mol. The van der Waals surface area contributed by atoms with Crippen LogP contribution in [0.1, 0.15) is 2.85 Å². The summed E-state index contributed by atoms with van der Waals surface area (Å²) < 4.78 is 39.0. The molecule has 2 N–H and O–H groups in total. The van der Waals surface area contributed by atoms with Gasteiger partial charge in [0.25, 0.3) is 0 Å². The third-order valence-electron chi connectivity index (χ3n) is 1.42. The largest absolute Gasteiger partial charge is 0.573 e. The van der Waals surface area contributed by atoms with E-state index in [1.807, 2.05) is 0 Å². The molecule has 0 atom stereocenters. The standard InChI is InChI=1S/C7H6BF3O3.2H2/c9-7(10,11)14-6-4-2-1-3-5(6)8(12)13;;/h1-4,12-13H;2*1H. The lowest BCUT2D eigenvalue weighted by molar-refractivity contribution is -0.274. The van der Waals surface area contributed by atoms with E-state index in [1.54, 1.807) is 0 Å². The Bertz CT molecular complexity index is 322. The fourth-order valence-electron chi connectivity index (χ4n) is 0.911. The van der Waals surface area contributed by atoms with Crippen molar-refractivity contribution in [1.82, 2.24) is 0 Å². The van der Waals surface area contributed by atoms with Crippen LogP contribution in [0.25, 0.3) is 0 Å². The molecule has 0 aromatic heterocycles. The van der Waals surface area contributed by atoms with E-state index in [0.717, 1.165) is 12.1 Å². The molecule has 0 bridgehead atoms. The molecule has 0 radical (unpaired) electrons. The van der Waals surface area contributed by atoms with Crippen LogP contribution in [0, 0.1) is 0 Å². The van der Waals surface area contributed by atoms with Gasteiger partial charge in [-0.2, -0.15) is 0 Å². The highest BCUT2D eigenvalue weighted by atomic mass is 19.4. The minimum absolute atomic E-state index is 0. The van der Waals surface area contributed by atoms with Gasteiger partial charge in [0.2, 0.25) is 0 Å². The lowest BCUT2D eigenvalue weighted by Crippen LogP contribution is -2.33. The van der Waals surface area contributed by atoms with E-state index in [0.29, 0.717) is 0 Å². The molecule has 0 unspecified atom stereocenters. The predicted molar refractivity (Wildman–Crippen MR) is 47.2 cm³/mol. The van der Waals surface area contributed by atoms with E-state index in [1.165, 1.54) is 12.1 Å². The first kappa shape index (κ1) is 10.9. The summed E-state index contributed by atoms with van der Waals surface area (Å²) in [6.07, 6.45) is -4.84. The summed E-state index contributed by atoms with van der Waals surface area (Å²) >= 11 is 0. The van der Waals surface area contributed by atoms with Crippen molar-refractivity contribution in [3.63, 3.8) is 0 Å². The molecule has 0 aliphatic carbocycles. The second-order valence-corrected chi connectivity index (χ2v) is 2.46. The SMILES string of the molecule is OB(O)c1ccccc1OC(F)(F)F.[HH].[HH]. The van der Waals surface area contributed by atoms with Crippen molar-refractivity contribution >= 4 is 12.6 Å². The fourth-order valence-corrected chi connectivity index (χ4v) is 0.911. The molecule has 0 spiro atoms. The average Bonchev–Trinajstić information content (AvgIpc) is 2.01. The van der Waals surface area contributed by atoms with Gasteiger partial charge in [0.1, 0.15) is 5.75 Å². The highest BCUT2D eigenvalue weighted by Crippen LogP contribution is 2.20. The Balaban J connectivity index is 0. The van der Waals surface area contributed by atoms with Gasteiger partial charge in [-0.1, -0.05) is 18.2 Å². The minimum atomic E-state index is -4.84. The highest BCUT2D eigenvalue weighted by Gasteiger charge is 2.33. The number of halogens is 3. The van der Waals surface area contributed by atoms with Gasteiger partial charge in [0.05, 0.1) is 0 Å². The van der Waals surface area contributed by atoms with Crippen molar-refractivity contribution in [2.45, 2.75) is 6.36 Å². The number of rotatable bonds is 2. The smallest absolute Gasteiger partial charge is 0.423 e. The van der Waals surface area contributed by atoms with Gasteiger partial charge >= 0.3 is 13.5 Å². The Morgan fingerprint density at radius 3 is 2.29 bits per heavy atom. The summed E-state index contributed by atoms with van der Waals surface area (Å²) in [5.74, 6) is -0.616. The number of ether oxygens (including phenoxy) is 1. The monoisotopic (exact) mass is 210 g/mol. The van der Waals surface area contributed by atoms with Crippen molar-refractivity contribution in [2.75, 3.05) is 0 Å². The Morgan fingerprint density at radius 2 is 1.79 bits per heavy atom. The lowest BCUT2D eigenvalue weighted by atomic mass is 9.80. The third-order valence-corrected chi connectivity index (χ3v) is 1.42. The number of benzene rings is 1. The molecule has 0 saturated carbocycles. The van der Waals surface area contributed by atoms with E-state index in [-0.39, 0.29) is 8.32 Å². The molecule has 1 aromatic carbocycles. The molecule has 0 fully saturated rings. The molecule has 0 amide bonds. The zero-order valence-corrected chi connectivity index (χ0v) is 6.82. The first-order chi connectivity index (χ1) is 6.40. The Morgan fingerprint density at radius 1 is 1.21 bits per heavy atom. The summed E-state index contributed by atoms with van der Waals surface area (Å²) in [5.41, 5.74) is -0.329. The Kier molecular flexibility index (Phi) is 3.02. The molecule has 1 rings (SSSR count). The van der Waals surface area contributed by atoms with Gasteiger partial charge in [-0.15, -0.1) is 13.2 Å². The van der Waals surface area contributed by atoms with Crippen molar-refractivity contribution in [3.8, 4) is 5.75 Å². The molecule has 0 aliphatic rings. The number of alkyl halides is 3. The van der Waals surface area contributed by atoms with E-state index < -0.39 is 19.2 Å². The summed E-state index contributed by atoms with van der Waals surface area (Å²) in [6.45, 7) is 0. The normalized spacial score (nSPS) is 11.2. The third kappa shape index (κ3) is 2.93. The predicted octanol–water partition coefficient (Wildman–Crippen LogP) is 0.757. The molecule has 7 heteroatoms. The summed E-state index contributed by atoms with van der Waals surface area (Å²) in [4.78, 5) is 0. The number of hydrogen-bond donors (Lipinski definition) is 2. The summed E-state index contributed by atoms with van der Waals surface area (Å²) in [7, 11) is -1.99. The maximum absolute atomic E-state index is 11.8. The number of para-hydroxylation sites is 1. The summed E-state index contributed by atoms with van der Waals surface area (Å²) in [6, 6.07) is 4.80. The summed E-state index contributed by atoms with van der Waals surface area (Å²) in [5, 5.41) is 17.4. The molecule has 3 nitrogen and oxygen atoms in total. The van der Waals surface area contributed by atoms with Gasteiger partial charge in [0.15, 0.2) is 0 Å². The first-order valence-corrected chi connectivity index (χ1v) is 3.61. The molecule has 0 saturated heterocycles. The van der Waals surface area contributed by atoms with Crippen LogP contribution in [-0.2, 0) is 0 Å². The van der Waals surface area contributed by atoms with Gasteiger partial charge in [0, 0.05) is 8.32 Å². The maximum atomic E-state index is 11.8. The lowest BCUT2D eigenvalue weighted by Gasteiger charge is -2.12. The van der Waals surface area contributed by atoms with Gasteiger partial charge in [-0.25, -0.2) is 0 Å². The van der Waals surface area contributed by atoms with Gasteiger partial charge < -0.3 is 14.8 Å². The van der Waals surface area contributed by atoms with Gasteiger partial charge in [-0.3, -0.25) is 0 Å². The van der Waals surface area contributed by atoms with Crippen LogP contribution in [0.15, 0.2) is 24.3 Å². The molecule has 14 heavy (non-hydrogen) atoms. The second kappa shape index (κ2) is 3.89. The van der Waals surface area contributed by atoms with E-state index in [4.69, 9.17) is 10.0 Å². The van der Waals surface area contributed by atoms with E-state index in [2.05, 4.69) is 4.74 Å². The molecule has 0 heterocycles. The molecular formula is C7H10BF3O3. The van der Waals surface area contributed by atoms with Crippen LogP contribution in [0.2, 0.25) is 0 Å². The van der Waals surface area contributed by atoms with Crippen LogP contribution >= 0.6 is 0 Å². The zero-order chi connectivity index (χ0) is 10.8. The van der Waals surface area contributed by atoms with Crippen molar-refractivity contribution in [1.29, 1.82) is 0 Å².